The van der Waals surface area contributed by atoms with Crippen molar-refractivity contribution in [2.24, 2.45) is 0 Å². The van der Waals surface area contributed by atoms with Gasteiger partial charge in [0.25, 0.3) is 0 Å². The number of rotatable bonds is 3. The minimum absolute atomic E-state index is 0.0453. The number of nitrogen functional groups attached to an aromatic ring is 1. The van der Waals surface area contributed by atoms with Crippen LogP contribution in [0.25, 0.3) is 0 Å². The zero-order valence-electron chi connectivity index (χ0n) is 12.5. The number of hydrogen-bond acceptors (Lipinski definition) is 4. The number of hydrogen-bond donors (Lipinski definition) is 2. The number of nitrogens with one attached hydrogen (secondary N) is 1. The van der Waals surface area contributed by atoms with Crippen molar-refractivity contribution >= 4 is 23.2 Å². The number of carbonyl (C=O) groups is 2. The van der Waals surface area contributed by atoms with Gasteiger partial charge < -0.3 is 16.0 Å². The van der Waals surface area contributed by atoms with Crippen LogP contribution in [0.2, 0.25) is 0 Å². The molecule has 0 radical (unpaired) electrons. The summed E-state index contributed by atoms with van der Waals surface area (Å²) in [5.74, 6) is 0.0460. The van der Waals surface area contributed by atoms with E-state index in [4.69, 9.17) is 5.73 Å². The molecule has 1 aromatic carbocycles. The average molecular weight is 290 g/mol. The van der Waals surface area contributed by atoms with E-state index < -0.39 is 0 Å². The van der Waals surface area contributed by atoms with Crippen LogP contribution in [-0.4, -0.2) is 53.8 Å². The van der Waals surface area contributed by atoms with E-state index >= 15 is 0 Å². The summed E-state index contributed by atoms with van der Waals surface area (Å²) in [6.45, 7) is 6.25. The molecule has 6 heteroatoms. The van der Waals surface area contributed by atoms with Crippen molar-refractivity contribution < 1.29 is 9.59 Å². The minimum atomic E-state index is -0.225. The minimum Gasteiger partial charge on any atom is -0.399 e. The molecule has 114 valence electrons. The van der Waals surface area contributed by atoms with Gasteiger partial charge in [-0.1, -0.05) is 0 Å². The Labute approximate surface area is 124 Å². The van der Waals surface area contributed by atoms with E-state index in [0.29, 0.717) is 18.8 Å². The number of nitrogens with zero attached hydrogens (tertiary/aromatic N) is 2. The molecule has 1 atom stereocenters. The van der Waals surface area contributed by atoms with Crippen molar-refractivity contribution in [1.82, 2.24) is 9.80 Å². The Hall–Kier alpha value is -2.08. The molecule has 0 spiro atoms. The highest BCUT2D eigenvalue weighted by atomic mass is 16.2. The normalized spacial score (nSPS) is 17.3. The van der Waals surface area contributed by atoms with Crippen LogP contribution in [0, 0.1) is 0 Å². The lowest BCUT2D eigenvalue weighted by Crippen LogP contribution is -2.53. The average Bonchev–Trinajstić information content (AvgIpc) is 2.49. The number of piperazine rings is 1. The zero-order valence-corrected chi connectivity index (χ0v) is 12.5. The molecule has 1 aromatic rings. The highest BCUT2D eigenvalue weighted by molar-refractivity contribution is 5.94. The van der Waals surface area contributed by atoms with Gasteiger partial charge in [-0.25, -0.2) is 0 Å². The van der Waals surface area contributed by atoms with E-state index in [0.717, 1.165) is 18.8 Å². The number of amides is 2. The van der Waals surface area contributed by atoms with Gasteiger partial charge in [0.1, 0.15) is 0 Å². The van der Waals surface area contributed by atoms with Crippen molar-refractivity contribution in [1.29, 1.82) is 0 Å². The second-order valence-electron chi connectivity index (χ2n) is 5.33. The quantitative estimate of drug-likeness (QED) is 0.806. The third-order valence-electron chi connectivity index (χ3n) is 3.86. The second kappa shape index (κ2) is 6.58. The molecular weight excluding hydrogens is 268 g/mol. The Morgan fingerprint density at radius 2 is 1.71 bits per heavy atom. The van der Waals surface area contributed by atoms with Crippen LogP contribution in [0.5, 0.6) is 0 Å². The van der Waals surface area contributed by atoms with Crippen LogP contribution < -0.4 is 11.1 Å². The summed E-state index contributed by atoms with van der Waals surface area (Å²) in [6.07, 6.45) is 0. The van der Waals surface area contributed by atoms with Gasteiger partial charge in [0.2, 0.25) is 11.8 Å². The molecule has 2 amide bonds. The Morgan fingerprint density at radius 1 is 1.14 bits per heavy atom. The monoisotopic (exact) mass is 290 g/mol. The molecule has 1 saturated heterocycles. The second-order valence-corrected chi connectivity index (χ2v) is 5.33. The molecule has 2 rings (SSSR count). The van der Waals surface area contributed by atoms with Crippen molar-refractivity contribution in [3.63, 3.8) is 0 Å². The molecule has 1 aliphatic rings. The molecule has 1 heterocycles. The highest BCUT2D eigenvalue weighted by Crippen LogP contribution is 2.13. The molecule has 1 fully saturated rings. The lowest BCUT2D eigenvalue weighted by molar-refractivity contribution is -0.131. The summed E-state index contributed by atoms with van der Waals surface area (Å²) in [7, 11) is 0. The van der Waals surface area contributed by atoms with E-state index in [9.17, 15) is 9.59 Å². The third-order valence-corrected chi connectivity index (χ3v) is 3.86. The molecule has 6 nitrogen and oxygen atoms in total. The predicted molar refractivity (Wildman–Crippen MR) is 82.8 cm³/mol. The zero-order chi connectivity index (χ0) is 15.4. The maximum Gasteiger partial charge on any atom is 0.241 e. The van der Waals surface area contributed by atoms with E-state index in [1.54, 1.807) is 36.1 Å². The van der Waals surface area contributed by atoms with E-state index in [-0.39, 0.29) is 17.9 Å². The van der Waals surface area contributed by atoms with Gasteiger partial charge in [-0.2, -0.15) is 0 Å². The summed E-state index contributed by atoms with van der Waals surface area (Å²) in [4.78, 5) is 27.4. The lowest BCUT2D eigenvalue weighted by Gasteiger charge is -2.37. The van der Waals surface area contributed by atoms with Crippen LogP contribution in [-0.2, 0) is 9.59 Å². The van der Waals surface area contributed by atoms with Gasteiger partial charge in [-0.3, -0.25) is 14.5 Å². The Morgan fingerprint density at radius 3 is 2.24 bits per heavy atom. The number of nitrogens with two attached hydrogens (primary N) is 1. The maximum atomic E-state index is 12.2. The van der Waals surface area contributed by atoms with Crippen LogP contribution in [0.3, 0.4) is 0 Å². The summed E-state index contributed by atoms with van der Waals surface area (Å²) in [5.41, 5.74) is 7.03. The van der Waals surface area contributed by atoms with E-state index in [1.165, 1.54) is 0 Å². The Kier molecular flexibility index (Phi) is 4.80. The first-order chi connectivity index (χ1) is 9.97. The smallest absolute Gasteiger partial charge is 0.241 e. The number of carbonyl (C=O) groups excluding carboxylic acids is 2. The molecule has 3 N–H and O–H groups in total. The van der Waals surface area contributed by atoms with Gasteiger partial charge in [0.05, 0.1) is 6.04 Å². The van der Waals surface area contributed by atoms with E-state index in [2.05, 4.69) is 10.2 Å². The molecular formula is C15H22N4O2. The Bertz CT molecular complexity index is 507. The van der Waals surface area contributed by atoms with Crippen molar-refractivity contribution in [2.75, 3.05) is 37.2 Å². The summed E-state index contributed by atoms with van der Waals surface area (Å²) < 4.78 is 0. The summed E-state index contributed by atoms with van der Waals surface area (Å²) in [5, 5.41) is 2.88. The molecule has 1 unspecified atom stereocenters. The Balaban J connectivity index is 1.88. The topological polar surface area (TPSA) is 78.7 Å². The fraction of sp³-hybridized carbons (Fsp3) is 0.467. The molecule has 0 aromatic heterocycles. The third kappa shape index (κ3) is 3.95. The number of benzene rings is 1. The van der Waals surface area contributed by atoms with Crippen molar-refractivity contribution in [2.45, 2.75) is 19.9 Å². The molecule has 0 aliphatic carbocycles. The van der Waals surface area contributed by atoms with Gasteiger partial charge >= 0.3 is 0 Å². The maximum absolute atomic E-state index is 12.2. The SMILES string of the molecule is CC(=O)N1CCN(C(C)C(=O)Nc2ccc(N)cc2)CC1. The lowest BCUT2D eigenvalue weighted by atomic mass is 10.2. The summed E-state index contributed by atoms with van der Waals surface area (Å²) >= 11 is 0. The van der Waals surface area contributed by atoms with Crippen LogP contribution in [0.1, 0.15) is 13.8 Å². The van der Waals surface area contributed by atoms with Gasteiger partial charge in [-0.15, -0.1) is 0 Å². The number of anilines is 2. The fourth-order valence-corrected chi connectivity index (χ4v) is 2.40. The van der Waals surface area contributed by atoms with Gasteiger partial charge in [-0.05, 0) is 31.2 Å². The van der Waals surface area contributed by atoms with Crippen molar-refractivity contribution in [3.05, 3.63) is 24.3 Å². The summed E-state index contributed by atoms with van der Waals surface area (Å²) in [6, 6.07) is 6.86. The highest BCUT2D eigenvalue weighted by Gasteiger charge is 2.26. The predicted octanol–water partition coefficient (Wildman–Crippen LogP) is 0.760. The first-order valence-corrected chi connectivity index (χ1v) is 7.13. The van der Waals surface area contributed by atoms with Gasteiger partial charge in [0.15, 0.2) is 0 Å². The largest absolute Gasteiger partial charge is 0.399 e. The molecule has 21 heavy (non-hydrogen) atoms. The first kappa shape index (κ1) is 15.3. The van der Waals surface area contributed by atoms with Crippen LogP contribution in [0.15, 0.2) is 24.3 Å². The molecule has 0 bridgehead atoms. The molecule has 1 aliphatic heterocycles. The standard InChI is InChI=1S/C15H22N4O2/c1-11(18-7-9-19(10-8-18)12(2)20)15(21)17-14-5-3-13(16)4-6-14/h3-6,11H,7-10,16H2,1-2H3,(H,17,21). The van der Waals surface area contributed by atoms with Crippen LogP contribution in [0.4, 0.5) is 11.4 Å². The van der Waals surface area contributed by atoms with Gasteiger partial charge in [0, 0.05) is 44.5 Å². The first-order valence-electron chi connectivity index (χ1n) is 7.13. The fourth-order valence-electron chi connectivity index (χ4n) is 2.40. The van der Waals surface area contributed by atoms with E-state index in [1.807, 2.05) is 6.92 Å². The molecule has 0 saturated carbocycles. The van der Waals surface area contributed by atoms with Crippen LogP contribution >= 0.6 is 0 Å². The van der Waals surface area contributed by atoms with Crippen molar-refractivity contribution in [3.8, 4) is 0 Å².